The van der Waals surface area contributed by atoms with Crippen molar-refractivity contribution in [1.82, 2.24) is 23.7 Å². The number of benzene rings is 2. The Labute approximate surface area is 260 Å². The molecule has 44 heavy (non-hydrogen) atoms. The van der Waals surface area contributed by atoms with E-state index in [2.05, 4.69) is 39.3 Å². The minimum absolute atomic E-state index is 0.0869. The molecular weight excluding hydrogens is 599 g/mol. The molecule has 1 aliphatic carbocycles. The van der Waals surface area contributed by atoms with E-state index in [9.17, 15) is 17.8 Å². The minimum Gasteiger partial charge on any atom is -0.611 e. The first-order chi connectivity index (χ1) is 21.1. The van der Waals surface area contributed by atoms with Crippen molar-refractivity contribution >= 4 is 49.6 Å². The zero-order valence-corrected chi connectivity index (χ0v) is 26.8. The number of likely N-dealkylation sites (N-methyl/N-ethyl adjacent to an activating group) is 2. The second-order valence-electron chi connectivity index (χ2n) is 11.6. The Hall–Kier alpha value is -3.49. The molecule has 1 atom stereocenters. The van der Waals surface area contributed by atoms with E-state index < -0.39 is 21.2 Å². The number of nitrogens with zero attached hydrogens (tertiary/aromatic N) is 6. The van der Waals surface area contributed by atoms with Crippen LogP contribution in [0.5, 0.6) is 0 Å². The molecule has 232 valence electrons. The van der Waals surface area contributed by atoms with Crippen LogP contribution in [0.1, 0.15) is 12.8 Å². The Kier molecular flexibility index (Phi) is 8.66. The normalized spacial score (nSPS) is 16.9. The number of rotatable bonds is 10. The van der Waals surface area contributed by atoms with Gasteiger partial charge in [-0.25, -0.2) is 17.7 Å². The van der Waals surface area contributed by atoms with Crippen molar-refractivity contribution in [2.75, 3.05) is 63.3 Å². The van der Waals surface area contributed by atoms with Crippen LogP contribution < -0.4 is 15.8 Å². The maximum atomic E-state index is 14.0. The van der Waals surface area contributed by atoms with Crippen LogP contribution in [0.15, 0.2) is 70.5 Å². The van der Waals surface area contributed by atoms with Crippen molar-refractivity contribution in [3.63, 3.8) is 0 Å². The van der Waals surface area contributed by atoms with Crippen molar-refractivity contribution in [1.29, 1.82) is 0 Å². The Balaban J connectivity index is 1.33. The first kappa shape index (κ1) is 30.5. The number of hydrogen-bond acceptors (Lipinski definition) is 9. The fourth-order valence-corrected chi connectivity index (χ4v) is 7.07. The second-order valence-corrected chi connectivity index (χ2v) is 15.4. The summed E-state index contributed by atoms with van der Waals surface area (Å²) in [5.74, 6) is 0.323. The predicted molar refractivity (Wildman–Crippen MR) is 176 cm³/mol. The standard InChI is InChI=1S/C31H37N7O4S2/c1-35-13-16-37(17-14-35)25-9-7-24(8-10-25)33-31-32-21-23-20-28(22-5-4-6-27(19-22)43(40)26-11-12-26)30(39)38(29(23)34-31)18-15-36(2)44(3,41)42/h4-10,19-21,26H,11-18H2,1-3H3,(H,32,33,34). The Morgan fingerprint density at radius 3 is 2.48 bits per heavy atom. The molecule has 1 aliphatic heterocycles. The molecule has 13 heteroatoms. The van der Waals surface area contributed by atoms with Gasteiger partial charge in [0, 0.05) is 93.7 Å². The van der Waals surface area contributed by atoms with E-state index in [0.717, 1.165) is 56.7 Å². The van der Waals surface area contributed by atoms with Gasteiger partial charge in [0.15, 0.2) is 4.90 Å². The molecule has 2 aliphatic rings. The lowest BCUT2D eigenvalue weighted by Crippen LogP contribution is -2.44. The van der Waals surface area contributed by atoms with E-state index in [1.807, 2.05) is 36.4 Å². The average molecular weight is 636 g/mol. The highest BCUT2D eigenvalue weighted by Gasteiger charge is 2.35. The fraction of sp³-hybridized carbons (Fsp3) is 0.387. The van der Waals surface area contributed by atoms with Gasteiger partial charge in [-0.05, 0) is 60.2 Å². The van der Waals surface area contributed by atoms with Gasteiger partial charge in [0.25, 0.3) is 5.56 Å². The van der Waals surface area contributed by atoms with E-state index in [4.69, 9.17) is 4.98 Å². The van der Waals surface area contributed by atoms with E-state index in [-0.39, 0.29) is 23.9 Å². The first-order valence-corrected chi connectivity index (χ1v) is 17.8. The number of sulfonamides is 1. The third kappa shape index (κ3) is 6.76. The summed E-state index contributed by atoms with van der Waals surface area (Å²) in [7, 11) is 0.168. The number of anilines is 3. The van der Waals surface area contributed by atoms with Gasteiger partial charge in [-0.1, -0.05) is 12.1 Å². The highest BCUT2D eigenvalue weighted by molar-refractivity contribution is 7.92. The molecule has 2 aromatic heterocycles. The zero-order valence-electron chi connectivity index (χ0n) is 25.1. The Morgan fingerprint density at radius 2 is 1.80 bits per heavy atom. The van der Waals surface area contributed by atoms with Gasteiger partial charge < -0.3 is 19.7 Å². The van der Waals surface area contributed by atoms with E-state index in [0.29, 0.717) is 33.0 Å². The fourth-order valence-electron chi connectivity index (χ4n) is 5.25. The van der Waals surface area contributed by atoms with Crippen molar-refractivity contribution in [3.8, 4) is 11.1 Å². The van der Waals surface area contributed by atoms with Gasteiger partial charge >= 0.3 is 0 Å². The van der Waals surface area contributed by atoms with Gasteiger partial charge in [0.1, 0.15) is 10.9 Å². The monoisotopic (exact) mass is 635 g/mol. The van der Waals surface area contributed by atoms with Gasteiger partial charge in [0.05, 0.1) is 6.26 Å². The van der Waals surface area contributed by atoms with Gasteiger partial charge in [-0.3, -0.25) is 9.36 Å². The summed E-state index contributed by atoms with van der Waals surface area (Å²) in [4.78, 5) is 28.6. The molecule has 4 aromatic rings. The number of nitrogens with one attached hydrogen (secondary N) is 1. The summed E-state index contributed by atoms with van der Waals surface area (Å²) >= 11 is -1.11. The number of pyridine rings is 1. The Morgan fingerprint density at radius 1 is 1.07 bits per heavy atom. The molecule has 2 aromatic carbocycles. The quantitative estimate of drug-likeness (QED) is 0.262. The van der Waals surface area contributed by atoms with Crippen LogP contribution >= 0.6 is 0 Å². The van der Waals surface area contributed by atoms with Crippen LogP contribution in [0.25, 0.3) is 22.2 Å². The van der Waals surface area contributed by atoms with Crippen LogP contribution in [-0.4, -0.2) is 95.0 Å². The van der Waals surface area contributed by atoms with Crippen molar-refractivity contribution in [3.05, 3.63) is 71.1 Å². The maximum absolute atomic E-state index is 14.0. The van der Waals surface area contributed by atoms with Crippen LogP contribution in [0.4, 0.5) is 17.3 Å². The van der Waals surface area contributed by atoms with Crippen LogP contribution in [-0.2, 0) is 27.7 Å². The molecule has 0 amide bonds. The zero-order chi connectivity index (χ0) is 31.0. The average Bonchev–Trinajstić information content (AvgIpc) is 3.86. The minimum atomic E-state index is -3.45. The number of hydrogen-bond donors (Lipinski definition) is 1. The second kappa shape index (κ2) is 12.5. The van der Waals surface area contributed by atoms with E-state index in [1.165, 1.54) is 15.9 Å². The van der Waals surface area contributed by atoms with Crippen LogP contribution in [0, 0.1) is 0 Å². The van der Waals surface area contributed by atoms with E-state index in [1.54, 1.807) is 12.3 Å². The number of fused-ring (bicyclic) bond motifs is 1. The highest BCUT2D eigenvalue weighted by Crippen LogP contribution is 2.34. The topological polar surface area (TPSA) is 127 Å². The third-order valence-corrected chi connectivity index (χ3v) is 11.3. The molecule has 6 rings (SSSR count). The van der Waals surface area contributed by atoms with Gasteiger partial charge in [-0.15, -0.1) is 0 Å². The smallest absolute Gasteiger partial charge is 0.260 e. The third-order valence-electron chi connectivity index (χ3n) is 8.23. The molecule has 1 saturated heterocycles. The first-order valence-electron chi connectivity index (χ1n) is 14.7. The molecule has 1 unspecified atom stereocenters. The SMILES string of the molecule is CN1CCN(c2ccc(Nc3ncc4cc(-c5cccc([S+]([O-])C6CC6)c5)c(=O)n(CCN(C)S(C)(=O)=O)c4n3)cc2)CC1. The lowest BCUT2D eigenvalue weighted by Gasteiger charge is -2.34. The summed E-state index contributed by atoms with van der Waals surface area (Å²) < 4.78 is 39.8. The van der Waals surface area contributed by atoms with Crippen LogP contribution in [0.3, 0.4) is 0 Å². The van der Waals surface area contributed by atoms with Crippen molar-refractivity contribution in [2.45, 2.75) is 29.5 Å². The molecule has 3 heterocycles. The Bertz CT molecular complexity index is 1820. The largest absolute Gasteiger partial charge is 0.611 e. The maximum Gasteiger partial charge on any atom is 0.260 e. The highest BCUT2D eigenvalue weighted by atomic mass is 32.2. The number of aromatic nitrogens is 3. The predicted octanol–water partition coefficient (Wildman–Crippen LogP) is 3.12. The molecule has 0 bridgehead atoms. The van der Waals surface area contributed by atoms with Crippen molar-refractivity contribution in [2.24, 2.45) is 0 Å². The van der Waals surface area contributed by atoms with Gasteiger partial charge in [0.2, 0.25) is 16.0 Å². The summed E-state index contributed by atoms with van der Waals surface area (Å²) in [5, 5.41) is 4.05. The molecular formula is C31H37N7O4S2. The molecule has 1 saturated carbocycles. The summed E-state index contributed by atoms with van der Waals surface area (Å²) in [6, 6.07) is 17.1. The molecule has 0 spiro atoms. The number of piperazine rings is 1. The summed E-state index contributed by atoms with van der Waals surface area (Å²) in [6.07, 6.45) is 4.69. The lowest BCUT2D eigenvalue weighted by atomic mass is 10.1. The van der Waals surface area contributed by atoms with E-state index >= 15 is 0 Å². The lowest BCUT2D eigenvalue weighted by molar-refractivity contribution is 0.313. The molecule has 1 N–H and O–H groups in total. The van der Waals surface area contributed by atoms with Gasteiger partial charge in [-0.2, -0.15) is 4.98 Å². The van der Waals surface area contributed by atoms with Crippen molar-refractivity contribution < 1.29 is 13.0 Å². The molecule has 2 fully saturated rings. The summed E-state index contributed by atoms with van der Waals surface area (Å²) in [5.41, 5.74) is 3.11. The summed E-state index contributed by atoms with van der Waals surface area (Å²) in [6.45, 7) is 4.20. The molecule has 0 radical (unpaired) electrons. The van der Waals surface area contributed by atoms with Crippen LogP contribution in [0.2, 0.25) is 0 Å². The molecule has 11 nitrogen and oxygen atoms in total.